The van der Waals surface area contributed by atoms with Gasteiger partial charge in [0.25, 0.3) is 0 Å². The lowest BCUT2D eigenvalue weighted by Gasteiger charge is -2.17. The molecule has 0 spiro atoms. The van der Waals surface area contributed by atoms with Crippen LogP contribution in [0, 0.1) is 5.92 Å². The Morgan fingerprint density at radius 2 is 2.20 bits per heavy atom. The van der Waals surface area contributed by atoms with Gasteiger partial charge in [0.1, 0.15) is 0 Å². The molecule has 2 atom stereocenters. The average molecular weight is 212 g/mol. The predicted octanol–water partition coefficient (Wildman–Crippen LogP) is 0.0156. The Balaban J connectivity index is 1.73. The molecule has 2 fully saturated rings. The van der Waals surface area contributed by atoms with Crippen molar-refractivity contribution in [3.63, 3.8) is 0 Å². The molecular formula is C11H20N2O2. The molecule has 1 heterocycles. The molecule has 15 heavy (non-hydrogen) atoms. The molecule has 0 aromatic heterocycles. The van der Waals surface area contributed by atoms with Gasteiger partial charge in [0.15, 0.2) is 0 Å². The fourth-order valence-electron chi connectivity index (χ4n) is 2.04. The predicted molar refractivity (Wildman–Crippen MR) is 57.4 cm³/mol. The van der Waals surface area contributed by atoms with Crippen LogP contribution in [-0.2, 0) is 4.79 Å². The molecule has 0 radical (unpaired) electrons. The van der Waals surface area contributed by atoms with Gasteiger partial charge >= 0.3 is 0 Å². The molecule has 86 valence electrons. The largest absolute Gasteiger partial charge is 0.392 e. The van der Waals surface area contributed by atoms with Crippen LogP contribution in [0.3, 0.4) is 0 Å². The summed E-state index contributed by atoms with van der Waals surface area (Å²) in [5.41, 5.74) is 0. The van der Waals surface area contributed by atoms with Crippen LogP contribution in [0.1, 0.15) is 32.1 Å². The average Bonchev–Trinajstić information content (AvgIpc) is 3.02. The van der Waals surface area contributed by atoms with Crippen molar-refractivity contribution in [2.45, 2.75) is 44.2 Å². The summed E-state index contributed by atoms with van der Waals surface area (Å²) in [5.74, 6) is 0.571. The third kappa shape index (κ3) is 3.18. The molecule has 0 aromatic rings. The molecule has 1 saturated heterocycles. The zero-order chi connectivity index (χ0) is 10.7. The summed E-state index contributed by atoms with van der Waals surface area (Å²) in [4.78, 5) is 11.6. The van der Waals surface area contributed by atoms with E-state index >= 15 is 0 Å². The van der Waals surface area contributed by atoms with E-state index in [9.17, 15) is 9.90 Å². The zero-order valence-electron chi connectivity index (χ0n) is 9.04. The Hall–Kier alpha value is -0.610. The lowest BCUT2D eigenvalue weighted by Crippen LogP contribution is -2.45. The molecule has 2 unspecified atom stereocenters. The monoisotopic (exact) mass is 212 g/mol. The minimum absolute atomic E-state index is 0.0931. The molecule has 0 aromatic carbocycles. The number of amides is 1. The second-order valence-corrected chi connectivity index (χ2v) is 4.65. The van der Waals surface area contributed by atoms with Crippen LogP contribution in [0.25, 0.3) is 0 Å². The summed E-state index contributed by atoms with van der Waals surface area (Å²) in [6.45, 7) is 1.35. The Labute approximate surface area is 90.4 Å². The normalized spacial score (nSPS) is 29.4. The minimum atomic E-state index is -0.263. The van der Waals surface area contributed by atoms with Crippen molar-refractivity contribution in [2.24, 2.45) is 5.92 Å². The van der Waals surface area contributed by atoms with Gasteiger partial charge in [-0.15, -0.1) is 0 Å². The van der Waals surface area contributed by atoms with Crippen LogP contribution in [0.4, 0.5) is 0 Å². The van der Waals surface area contributed by atoms with Gasteiger partial charge in [0.05, 0.1) is 12.1 Å². The quantitative estimate of drug-likeness (QED) is 0.615. The van der Waals surface area contributed by atoms with E-state index in [1.165, 1.54) is 0 Å². The molecule has 3 N–H and O–H groups in total. The fourth-order valence-corrected chi connectivity index (χ4v) is 2.04. The van der Waals surface area contributed by atoms with E-state index in [0.29, 0.717) is 12.5 Å². The molecular weight excluding hydrogens is 192 g/mol. The maximum absolute atomic E-state index is 11.6. The first-order chi connectivity index (χ1) is 7.27. The van der Waals surface area contributed by atoms with E-state index in [4.69, 9.17) is 0 Å². The lowest BCUT2D eigenvalue weighted by molar-refractivity contribution is -0.122. The summed E-state index contributed by atoms with van der Waals surface area (Å²) in [6, 6.07) is -0.0964. The number of hydrogen-bond acceptors (Lipinski definition) is 3. The van der Waals surface area contributed by atoms with Gasteiger partial charge in [-0.05, 0) is 38.0 Å². The second kappa shape index (κ2) is 4.94. The van der Waals surface area contributed by atoms with Crippen molar-refractivity contribution < 1.29 is 9.90 Å². The van der Waals surface area contributed by atoms with Gasteiger partial charge in [0.2, 0.25) is 5.91 Å². The molecule has 0 bridgehead atoms. The molecule has 2 aliphatic rings. The summed E-state index contributed by atoms with van der Waals surface area (Å²) < 4.78 is 0. The van der Waals surface area contributed by atoms with Crippen molar-refractivity contribution in [3.8, 4) is 0 Å². The number of rotatable bonds is 4. The molecule has 4 heteroatoms. The molecule has 1 aliphatic carbocycles. The van der Waals surface area contributed by atoms with Crippen LogP contribution in [0.2, 0.25) is 0 Å². The highest BCUT2D eigenvalue weighted by Gasteiger charge is 2.30. The number of aliphatic hydroxyl groups is 1. The van der Waals surface area contributed by atoms with Crippen molar-refractivity contribution in [2.75, 3.05) is 13.1 Å². The van der Waals surface area contributed by atoms with Gasteiger partial charge in [0, 0.05) is 13.1 Å². The van der Waals surface area contributed by atoms with Gasteiger partial charge in [-0.25, -0.2) is 0 Å². The fraction of sp³-hybridized carbons (Fsp3) is 0.909. The zero-order valence-corrected chi connectivity index (χ0v) is 9.04. The molecule has 1 amide bonds. The first-order valence-corrected chi connectivity index (χ1v) is 5.96. The van der Waals surface area contributed by atoms with Crippen molar-refractivity contribution in [1.29, 1.82) is 0 Å². The summed E-state index contributed by atoms with van der Waals surface area (Å²) >= 11 is 0. The minimum Gasteiger partial charge on any atom is -0.392 e. The van der Waals surface area contributed by atoms with Gasteiger partial charge in [-0.2, -0.15) is 0 Å². The summed E-state index contributed by atoms with van der Waals surface area (Å²) in [7, 11) is 0. The number of hydrogen-bond donors (Lipinski definition) is 3. The molecule has 1 aliphatic heterocycles. The van der Waals surface area contributed by atoms with Gasteiger partial charge in [-0.1, -0.05) is 0 Å². The highest BCUT2D eigenvalue weighted by Crippen LogP contribution is 2.32. The van der Waals surface area contributed by atoms with Crippen molar-refractivity contribution in [1.82, 2.24) is 10.6 Å². The number of aliphatic hydroxyl groups excluding tert-OH is 1. The molecule has 1 saturated carbocycles. The Bertz CT molecular complexity index is 229. The van der Waals surface area contributed by atoms with Gasteiger partial charge < -0.3 is 15.7 Å². The summed E-state index contributed by atoms with van der Waals surface area (Å²) in [6.07, 6.45) is 5.05. The van der Waals surface area contributed by atoms with E-state index in [1.807, 2.05) is 0 Å². The van der Waals surface area contributed by atoms with E-state index in [-0.39, 0.29) is 18.1 Å². The van der Waals surface area contributed by atoms with Crippen LogP contribution in [0.15, 0.2) is 0 Å². The number of carbonyl (C=O) groups excluding carboxylic acids is 1. The van der Waals surface area contributed by atoms with Crippen LogP contribution >= 0.6 is 0 Å². The first-order valence-electron chi connectivity index (χ1n) is 5.96. The Morgan fingerprint density at radius 1 is 1.40 bits per heavy atom. The third-order valence-corrected chi connectivity index (χ3v) is 3.27. The third-order valence-electron chi connectivity index (χ3n) is 3.27. The second-order valence-electron chi connectivity index (χ2n) is 4.65. The van der Waals surface area contributed by atoms with Crippen molar-refractivity contribution in [3.05, 3.63) is 0 Å². The lowest BCUT2D eigenvalue weighted by atomic mass is 10.1. The number of carbonyl (C=O) groups is 1. The highest BCUT2D eigenvalue weighted by molar-refractivity contribution is 5.81. The summed E-state index contributed by atoms with van der Waals surface area (Å²) in [5, 5.41) is 15.7. The first kappa shape index (κ1) is 10.9. The molecule has 4 nitrogen and oxygen atoms in total. The molecule has 2 rings (SSSR count). The van der Waals surface area contributed by atoms with E-state index in [1.54, 1.807) is 0 Å². The van der Waals surface area contributed by atoms with E-state index in [2.05, 4.69) is 10.6 Å². The van der Waals surface area contributed by atoms with Gasteiger partial charge in [-0.3, -0.25) is 4.79 Å². The van der Waals surface area contributed by atoms with E-state index < -0.39 is 0 Å². The van der Waals surface area contributed by atoms with E-state index in [0.717, 1.165) is 38.6 Å². The highest BCUT2D eigenvalue weighted by atomic mass is 16.3. The Kier molecular flexibility index (Phi) is 3.59. The maximum Gasteiger partial charge on any atom is 0.237 e. The van der Waals surface area contributed by atoms with Crippen LogP contribution < -0.4 is 10.6 Å². The van der Waals surface area contributed by atoms with Crippen LogP contribution in [-0.4, -0.2) is 36.2 Å². The topological polar surface area (TPSA) is 61.4 Å². The SMILES string of the molecule is O=C1NCCCCC1NCC(O)C1CC1. The number of nitrogens with one attached hydrogen (secondary N) is 2. The van der Waals surface area contributed by atoms with Crippen LogP contribution in [0.5, 0.6) is 0 Å². The smallest absolute Gasteiger partial charge is 0.237 e. The van der Waals surface area contributed by atoms with Crippen molar-refractivity contribution >= 4 is 5.91 Å². The maximum atomic E-state index is 11.6. The Morgan fingerprint density at radius 3 is 2.93 bits per heavy atom. The standard InChI is InChI=1S/C11H20N2O2/c14-10(8-4-5-8)7-13-9-3-1-2-6-12-11(9)15/h8-10,13-14H,1-7H2,(H,12,15).